The number of piperidine rings is 1. The van der Waals surface area contributed by atoms with Crippen LogP contribution in [0.15, 0.2) is 60.9 Å². The molecule has 6 rings (SSSR count). The fourth-order valence-corrected chi connectivity index (χ4v) is 4.91. The monoisotopic (exact) mass is 437 g/mol. The van der Waals surface area contributed by atoms with E-state index >= 15 is 0 Å². The summed E-state index contributed by atoms with van der Waals surface area (Å²) in [5.41, 5.74) is 12.3. The number of aromatic nitrogens is 5. The molecule has 0 spiro atoms. The van der Waals surface area contributed by atoms with Crippen LogP contribution >= 0.6 is 0 Å². The molecule has 0 aliphatic carbocycles. The Kier molecular flexibility index (Phi) is 4.66. The molecule has 1 aliphatic rings. The topological polar surface area (TPSA) is 77.8 Å². The summed E-state index contributed by atoms with van der Waals surface area (Å²) in [6, 6.07) is 17.1. The number of aryl methyl sites for hydroxylation is 2. The zero-order valence-corrected chi connectivity index (χ0v) is 18.9. The zero-order valence-electron chi connectivity index (χ0n) is 18.9. The van der Waals surface area contributed by atoms with Gasteiger partial charge >= 0.3 is 0 Å². The second-order valence-corrected chi connectivity index (χ2v) is 8.97. The van der Waals surface area contributed by atoms with Gasteiger partial charge in [-0.2, -0.15) is 10.2 Å². The van der Waals surface area contributed by atoms with Gasteiger partial charge in [-0.25, -0.2) is 9.67 Å². The standard InChI is InChI=1S/C26H27N7/c1-17-5-3-7-21-25(20-6-4-8-23-22(20)16-31(2)29-23)30-33(26(17)21)19-9-10-24(28-15-19)32-13-11-18(27)12-14-32/h3-10,15-16,18H,11-14,27H2,1-2H3. The normalized spacial score (nSPS) is 15.1. The summed E-state index contributed by atoms with van der Waals surface area (Å²) >= 11 is 0. The lowest BCUT2D eigenvalue weighted by atomic mass is 10.0. The van der Waals surface area contributed by atoms with Gasteiger partial charge in [0.25, 0.3) is 0 Å². The van der Waals surface area contributed by atoms with Gasteiger partial charge in [0.2, 0.25) is 0 Å². The number of nitrogens with two attached hydrogens (primary N) is 1. The van der Waals surface area contributed by atoms with Crippen LogP contribution in [-0.4, -0.2) is 43.7 Å². The van der Waals surface area contributed by atoms with Crippen LogP contribution in [0, 0.1) is 6.92 Å². The summed E-state index contributed by atoms with van der Waals surface area (Å²) in [7, 11) is 1.95. The number of anilines is 1. The molecule has 7 nitrogen and oxygen atoms in total. The van der Waals surface area contributed by atoms with E-state index < -0.39 is 0 Å². The highest BCUT2D eigenvalue weighted by atomic mass is 15.3. The first kappa shape index (κ1) is 19.9. The van der Waals surface area contributed by atoms with Crippen LogP contribution in [-0.2, 0) is 7.05 Å². The van der Waals surface area contributed by atoms with Crippen molar-refractivity contribution in [1.29, 1.82) is 0 Å². The number of rotatable bonds is 3. The molecule has 3 aromatic heterocycles. The molecule has 7 heteroatoms. The average Bonchev–Trinajstić information content (AvgIpc) is 3.40. The van der Waals surface area contributed by atoms with Crippen LogP contribution in [0.3, 0.4) is 0 Å². The number of fused-ring (bicyclic) bond motifs is 2. The van der Waals surface area contributed by atoms with Crippen LogP contribution < -0.4 is 10.6 Å². The van der Waals surface area contributed by atoms with Gasteiger partial charge in [-0.15, -0.1) is 0 Å². The minimum Gasteiger partial charge on any atom is -0.357 e. The summed E-state index contributed by atoms with van der Waals surface area (Å²) in [5.74, 6) is 0.999. The molecular weight excluding hydrogens is 410 g/mol. The predicted molar refractivity (Wildman–Crippen MR) is 133 cm³/mol. The summed E-state index contributed by atoms with van der Waals surface area (Å²) in [5, 5.41) is 11.9. The Bertz CT molecular complexity index is 1450. The first-order valence-corrected chi connectivity index (χ1v) is 11.5. The molecule has 2 aromatic carbocycles. The van der Waals surface area contributed by atoms with E-state index in [0.29, 0.717) is 6.04 Å². The van der Waals surface area contributed by atoms with Gasteiger partial charge in [-0.1, -0.05) is 30.3 Å². The molecular formula is C26H27N7. The molecule has 5 aromatic rings. The number of hydrogen-bond donors (Lipinski definition) is 1. The van der Waals surface area contributed by atoms with E-state index in [1.54, 1.807) is 0 Å². The Morgan fingerprint density at radius 2 is 1.76 bits per heavy atom. The van der Waals surface area contributed by atoms with E-state index in [2.05, 4.69) is 59.5 Å². The Labute approximate surface area is 192 Å². The van der Waals surface area contributed by atoms with E-state index in [1.807, 2.05) is 34.7 Å². The summed E-state index contributed by atoms with van der Waals surface area (Å²) in [6.45, 7) is 4.04. The van der Waals surface area contributed by atoms with Gasteiger partial charge in [-0.05, 0) is 43.5 Å². The highest BCUT2D eigenvalue weighted by molar-refractivity contribution is 6.03. The Hall–Kier alpha value is -3.71. The van der Waals surface area contributed by atoms with E-state index in [9.17, 15) is 0 Å². The number of benzene rings is 2. The summed E-state index contributed by atoms with van der Waals surface area (Å²) in [4.78, 5) is 7.10. The minimum absolute atomic E-state index is 0.307. The number of para-hydroxylation sites is 1. The maximum atomic E-state index is 6.06. The predicted octanol–water partition coefficient (Wildman–Crippen LogP) is 4.21. The number of pyridine rings is 1. The molecule has 0 unspecified atom stereocenters. The smallest absolute Gasteiger partial charge is 0.128 e. The maximum absolute atomic E-state index is 6.06. The highest BCUT2D eigenvalue weighted by Crippen LogP contribution is 2.35. The Morgan fingerprint density at radius 3 is 2.55 bits per heavy atom. The van der Waals surface area contributed by atoms with E-state index in [-0.39, 0.29) is 0 Å². The third-order valence-corrected chi connectivity index (χ3v) is 6.66. The van der Waals surface area contributed by atoms with Crippen molar-refractivity contribution in [2.75, 3.05) is 18.0 Å². The van der Waals surface area contributed by atoms with Crippen molar-refractivity contribution < 1.29 is 0 Å². The fraction of sp³-hybridized carbons (Fsp3) is 0.269. The average molecular weight is 438 g/mol. The van der Waals surface area contributed by atoms with Crippen molar-refractivity contribution in [2.45, 2.75) is 25.8 Å². The van der Waals surface area contributed by atoms with E-state index in [1.165, 1.54) is 5.56 Å². The van der Waals surface area contributed by atoms with Crippen molar-refractivity contribution in [1.82, 2.24) is 24.5 Å². The van der Waals surface area contributed by atoms with Crippen molar-refractivity contribution >= 4 is 27.6 Å². The van der Waals surface area contributed by atoms with Crippen LogP contribution in [0.1, 0.15) is 18.4 Å². The van der Waals surface area contributed by atoms with Crippen molar-refractivity contribution in [3.05, 3.63) is 66.5 Å². The van der Waals surface area contributed by atoms with E-state index in [4.69, 9.17) is 15.8 Å². The van der Waals surface area contributed by atoms with Crippen molar-refractivity contribution in [3.8, 4) is 16.9 Å². The Balaban J connectivity index is 1.47. The molecule has 0 saturated carbocycles. The molecule has 0 atom stereocenters. The lowest BCUT2D eigenvalue weighted by Gasteiger charge is -2.31. The molecule has 1 aliphatic heterocycles. The Morgan fingerprint density at radius 1 is 0.939 bits per heavy atom. The molecule has 1 saturated heterocycles. The van der Waals surface area contributed by atoms with Crippen LogP contribution in [0.2, 0.25) is 0 Å². The van der Waals surface area contributed by atoms with Gasteiger partial charge in [-0.3, -0.25) is 4.68 Å². The van der Waals surface area contributed by atoms with Crippen LogP contribution in [0.25, 0.3) is 38.8 Å². The lowest BCUT2D eigenvalue weighted by molar-refractivity contribution is 0.498. The second kappa shape index (κ2) is 7.71. The third kappa shape index (κ3) is 3.36. The van der Waals surface area contributed by atoms with Crippen molar-refractivity contribution in [2.24, 2.45) is 12.8 Å². The molecule has 1 fully saturated rings. The minimum atomic E-state index is 0.307. The van der Waals surface area contributed by atoms with Gasteiger partial charge < -0.3 is 10.6 Å². The summed E-state index contributed by atoms with van der Waals surface area (Å²) in [6.07, 6.45) is 6.01. The van der Waals surface area contributed by atoms with Crippen molar-refractivity contribution in [3.63, 3.8) is 0 Å². The molecule has 4 heterocycles. The van der Waals surface area contributed by atoms with Crippen LogP contribution in [0.5, 0.6) is 0 Å². The fourth-order valence-electron chi connectivity index (χ4n) is 4.91. The lowest BCUT2D eigenvalue weighted by Crippen LogP contribution is -2.40. The van der Waals surface area contributed by atoms with Gasteiger partial charge in [0, 0.05) is 48.7 Å². The second-order valence-electron chi connectivity index (χ2n) is 8.97. The van der Waals surface area contributed by atoms with E-state index in [0.717, 1.165) is 70.5 Å². The summed E-state index contributed by atoms with van der Waals surface area (Å²) < 4.78 is 3.88. The SMILES string of the molecule is Cc1cccc2c(-c3cccc4nn(C)cc34)nn(-c3ccc(N4CCC(N)CC4)nc3)c12. The number of hydrogen-bond acceptors (Lipinski definition) is 5. The maximum Gasteiger partial charge on any atom is 0.128 e. The number of nitrogens with zero attached hydrogens (tertiary/aromatic N) is 6. The molecule has 2 N–H and O–H groups in total. The quantitative estimate of drug-likeness (QED) is 0.457. The zero-order chi connectivity index (χ0) is 22.5. The third-order valence-electron chi connectivity index (χ3n) is 6.66. The van der Waals surface area contributed by atoms with Gasteiger partial charge in [0.05, 0.1) is 22.9 Å². The highest BCUT2D eigenvalue weighted by Gasteiger charge is 2.20. The molecule has 0 amide bonds. The van der Waals surface area contributed by atoms with Gasteiger partial charge in [0.1, 0.15) is 11.5 Å². The molecule has 33 heavy (non-hydrogen) atoms. The van der Waals surface area contributed by atoms with Crippen LogP contribution in [0.4, 0.5) is 5.82 Å². The first-order valence-electron chi connectivity index (χ1n) is 11.5. The molecule has 166 valence electrons. The molecule has 0 radical (unpaired) electrons. The largest absolute Gasteiger partial charge is 0.357 e. The van der Waals surface area contributed by atoms with Gasteiger partial charge in [0.15, 0.2) is 0 Å². The molecule has 0 bridgehead atoms. The first-order chi connectivity index (χ1) is 16.1.